The summed E-state index contributed by atoms with van der Waals surface area (Å²) in [6.45, 7) is 4.85. The van der Waals surface area contributed by atoms with E-state index in [1.54, 1.807) is 6.92 Å². The Morgan fingerprint density at radius 3 is 2.84 bits per heavy atom. The molecule has 2 aromatic rings. The molecular formula is C14H18ClFN2S. The van der Waals surface area contributed by atoms with E-state index in [2.05, 4.69) is 22.7 Å². The van der Waals surface area contributed by atoms with Gasteiger partial charge in [0.25, 0.3) is 0 Å². The van der Waals surface area contributed by atoms with Gasteiger partial charge in [-0.25, -0.2) is 9.37 Å². The molecule has 0 amide bonds. The number of hydrogen-bond donors (Lipinski definition) is 0. The molecule has 0 N–H and O–H groups in total. The van der Waals surface area contributed by atoms with E-state index in [0.717, 1.165) is 23.6 Å². The average Bonchev–Trinajstić information content (AvgIpc) is 2.68. The zero-order valence-electron chi connectivity index (χ0n) is 11.4. The molecule has 0 spiro atoms. The highest BCUT2D eigenvalue weighted by Gasteiger charge is 2.14. The van der Waals surface area contributed by atoms with Gasteiger partial charge in [0.2, 0.25) is 0 Å². The fraction of sp³-hybridized carbons (Fsp3) is 0.500. The number of imidazole rings is 1. The number of nitrogens with zero attached hydrogens (tertiary/aromatic N) is 2. The first-order valence-corrected chi connectivity index (χ1v) is 8.19. The first-order valence-electron chi connectivity index (χ1n) is 6.27. The summed E-state index contributed by atoms with van der Waals surface area (Å²) in [6.07, 6.45) is 2.10. The topological polar surface area (TPSA) is 17.8 Å². The van der Waals surface area contributed by atoms with Crippen LogP contribution in [0.2, 0.25) is 0 Å². The molecular weight excluding hydrogens is 283 g/mol. The van der Waals surface area contributed by atoms with Crippen LogP contribution in [0.5, 0.6) is 0 Å². The Bertz CT molecular complexity index is 582. The van der Waals surface area contributed by atoms with E-state index in [0.29, 0.717) is 22.9 Å². The standard InChI is InChI=1S/C14H18ClFN2S/c1-9(8-19-3)7-18-13-4-10(2)11(16)5-12(13)17-14(18)6-15/h4-5,9H,6-8H2,1-3H3. The van der Waals surface area contributed by atoms with Crippen molar-refractivity contribution in [3.63, 3.8) is 0 Å². The lowest BCUT2D eigenvalue weighted by atomic mass is 10.2. The van der Waals surface area contributed by atoms with Gasteiger partial charge in [-0.05, 0) is 36.5 Å². The molecule has 0 aliphatic heterocycles. The van der Waals surface area contributed by atoms with Crippen LogP contribution >= 0.6 is 23.4 Å². The highest BCUT2D eigenvalue weighted by Crippen LogP contribution is 2.23. The Morgan fingerprint density at radius 1 is 1.47 bits per heavy atom. The van der Waals surface area contributed by atoms with Crippen molar-refractivity contribution in [3.8, 4) is 0 Å². The molecule has 0 bridgehead atoms. The largest absolute Gasteiger partial charge is 0.327 e. The van der Waals surface area contributed by atoms with Gasteiger partial charge in [-0.3, -0.25) is 0 Å². The molecule has 19 heavy (non-hydrogen) atoms. The van der Waals surface area contributed by atoms with Crippen LogP contribution in [0.3, 0.4) is 0 Å². The summed E-state index contributed by atoms with van der Waals surface area (Å²) in [4.78, 5) is 4.43. The summed E-state index contributed by atoms with van der Waals surface area (Å²) in [5.41, 5.74) is 2.31. The van der Waals surface area contributed by atoms with Crippen molar-refractivity contribution in [2.24, 2.45) is 5.92 Å². The Balaban J connectivity index is 2.47. The fourth-order valence-electron chi connectivity index (χ4n) is 2.25. The Hall–Kier alpha value is -0.740. The van der Waals surface area contributed by atoms with E-state index in [9.17, 15) is 4.39 Å². The van der Waals surface area contributed by atoms with Gasteiger partial charge in [-0.2, -0.15) is 11.8 Å². The van der Waals surface area contributed by atoms with Crippen molar-refractivity contribution in [2.45, 2.75) is 26.3 Å². The van der Waals surface area contributed by atoms with Crippen LogP contribution < -0.4 is 0 Å². The second kappa shape index (κ2) is 6.14. The van der Waals surface area contributed by atoms with Crippen LogP contribution in [-0.4, -0.2) is 21.6 Å². The summed E-state index contributed by atoms with van der Waals surface area (Å²) >= 11 is 7.79. The number of halogens is 2. The minimum Gasteiger partial charge on any atom is -0.327 e. The molecule has 0 aliphatic rings. The summed E-state index contributed by atoms with van der Waals surface area (Å²) in [7, 11) is 0. The minimum atomic E-state index is -0.213. The fourth-order valence-corrected chi connectivity index (χ4v) is 3.13. The maximum atomic E-state index is 13.6. The van der Waals surface area contributed by atoms with E-state index in [4.69, 9.17) is 11.6 Å². The third-order valence-electron chi connectivity index (χ3n) is 3.17. The maximum Gasteiger partial charge on any atom is 0.128 e. The third kappa shape index (κ3) is 3.06. The van der Waals surface area contributed by atoms with Crippen molar-refractivity contribution in [2.75, 3.05) is 12.0 Å². The van der Waals surface area contributed by atoms with E-state index in [1.165, 1.54) is 6.07 Å². The molecule has 0 radical (unpaired) electrons. The molecule has 1 unspecified atom stereocenters. The highest BCUT2D eigenvalue weighted by atomic mass is 35.5. The molecule has 0 saturated heterocycles. The van der Waals surface area contributed by atoms with Gasteiger partial charge < -0.3 is 4.57 Å². The molecule has 1 atom stereocenters. The predicted molar refractivity (Wildman–Crippen MR) is 81.5 cm³/mol. The van der Waals surface area contributed by atoms with Gasteiger partial charge in [0.05, 0.1) is 16.9 Å². The number of fused-ring (bicyclic) bond motifs is 1. The number of thioether (sulfide) groups is 1. The van der Waals surface area contributed by atoms with Crippen molar-refractivity contribution in [3.05, 3.63) is 29.3 Å². The molecule has 2 rings (SSSR count). The quantitative estimate of drug-likeness (QED) is 0.769. The average molecular weight is 301 g/mol. The van der Waals surface area contributed by atoms with Crippen LogP contribution in [-0.2, 0) is 12.4 Å². The summed E-state index contributed by atoms with van der Waals surface area (Å²) in [6, 6.07) is 3.36. The Kier molecular flexibility index (Phi) is 4.74. The number of alkyl halides is 1. The van der Waals surface area contributed by atoms with Crippen LogP contribution in [0.25, 0.3) is 11.0 Å². The second-order valence-electron chi connectivity index (χ2n) is 4.92. The van der Waals surface area contributed by atoms with Crippen molar-refractivity contribution in [1.82, 2.24) is 9.55 Å². The molecule has 1 heterocycles. The lowest BCUT2D eigenvalue weighted by Crippen LogP contribution is -2.12. The number of rotatable bonds is 5. The molecule has 104 valence electrons. The van der Waals surface area contributed by atoms with Gasteiger partial charge in [-0.15, -0.1) is 11.6 Å². The summed E-state index contributed by atoms with van der Waals surface area (Å²) in [5.74, 6) is 2.56. The normalized spacial score (nSPS) is 13.1. The van der Waals surface area contributed by atoms with Gasteiger partial charge in [-0.1, -0.05) is 6.92 Å². The molecule has 0 fully saturated rings. The van der Waals surface area contributed by atoms with Gasteiger partial charge in [0, 0.05) is 12.6 Å². The van der Waals surface area contributed by atoms with Crippen molar-refractivity contribution < 1.29 is 4.39 Å². The molecule has 1 aromatic carbocycles. The van der Waals surface area contributed by atoms with E-state index in [-0.39, 0.29) is 5.82 Å². The Labute approximate surface area is 122 Å². The maximum absolute atomic E-state index is 13.6. The first kappa shape index (κ1) is 14.7. The van der Waals surface area contributed by atoms with Crippen molar-refractivity contribution >= 4 is 34.4 Å². The lowest BCUT2D eigenvalue weighted by Gasteiger charge is -2.14. The first-order chi connectivity index (χ1) is 9.06. The molecule has 5 heteroatoms. The minimum absolute atomic E-state index is 0.213. The van der Waals surface area contributed by atoms with Crippen LogP contribution in [0.1, 0.15) is 18.3 Å². The van der Waals surface area contributed by atoms with E-state index in [1.807, 2.05) is 17.8 Å². The van der Waals surface area contributed by atoms with Crippen molar-refractivity contribution in [1.29, 1.82) is 0 Å². The predicted octanol–water partition coefficient (Wildman–Crippen LogP) is 4.22. The zero-order chi connectivity index (χ0) is 14.0. The number of aryl methyl sites for hydroxylation is 1. The smallest absolute Gasteiger partial charge is 0.128 e. The number of hydrogen-bond acceptors (Lipinski definition) is 2. The van der Waals surface area contributed by atoms with Crippen LogP contribution in [0.15, 0.2) is 12.1 Å². The SMILES string of the molecule is CSCC(C)Cn1c(CCl)nc2cc(F)c(C)cc21. The second-order valence-corrected chi connectivity index (χ2v) is 6.10. The van der Waals surface area contributed by atoms with Gasteiger partial charge >= 0.3 is 0 Å². The Morgan fingerprint density at radius 2 is 2.21 bits per heavy atom. The van der Waals surface area contributed by atoms with Gasteiger partial charge in [0.1, 0.15) is 11.6 Å². The summed E-state index contributed by atoms with van der Waals surface area (Å²) < 4.78 is 15.7. The van der Waals surface area contributed by atoms with Crippen LogP contribution in [0, 0.1) is 18.7 Å². The van der Waals surface area contributed by atoms with Gasteiger partial charge in [0.15, 0.2) is 0 Å². The zero-order valence-corrected chi connectivity index (χ0v) is 13.0. The summed E-state index contributed by atoms with van der Waals surface area (Å²) in [5, 5.41) is 0. The van der Waals surface area contributed by atoms with E-state index < -0.39 is 0 Å². The van der Waals surface area contributed by atoms with E-state index >= 15 is 0 Å². The monoisotopic (exact) mass is 300 g/mol. The highest BCUT2D eigenvalue weighted by molar-refractivity contribution is 7.98. The molecule has 1 aromatic heterocycles. The molecule has 2 nitrogen and oxygen atoms in total. The number of benzene rings is 1. The molecule has 0 saturated carbocycles. The lowest BCUT2D eigenvalue weighted by molar-refractivity contribution is 0.530. The number of aromatic nitrogens is 2. The third-order valence-corrected chi connectivity index (χ3v) is 4.31. The molecule has 0 aliphatic carbocycles. The van der Waals surface area contributed by atoms with Crippen LogP contribution in [0.4, 0.5) is 4.39 Å².